The van der Waals surface area contributed by atoms with Crippen molar-refractivity contribution in [1.82, 2.24) is 4.90 Å². The minimum atomic E-state index is 0.361. The molecule has 3 aromatic carbocycles. The van der Waals surface area contributed by atoms with Crippen molar-refractivity contribution in [3.05, 3.63) is 90.0 Å². The summed E-state index contributed by atoms with van der Waals surface area (Å²) >= 11 is 0. The minimum absolute atomic E-state index is 0.361. The van der Waals surface area contributed by atoms with Gasteiger partial charge in [-0.15, -0.1) is 0 Å². The lowest BCUT2D eigenvalue weighted by atomic mass is 10.1. The van der Waals surface area contributed by atoms with Gasteiger partial charge in [0.25, 0.3) is 0 Å². The third kappa shape index (κ3) is 4.66. The van der Waals surface area contributed by atoms with E-state index in [9.17, 15) is 4.79 Å². The average Bonchev–Trinajstić information content (AvgIpc) is 2.80. The first-order chi connectivity index (χ1) is 14.2. The molecule has 0 amide bonds. The number of ether oxygens (including phenoxy) is 1. The van der Waals surface area contributed by atoms with E-state index in [1.54, 1.807) is 0 Å². The summed E-state index contributed by atoms with van der Waals surface area (Å²) in [6.45, 7) is 6.26. The summed E-state index contributed by atoms with van der Waals surface area (Å²) in [5.41, 5.74) is 3.21. The maximum Gasteiger partial charge on any atom is 0.150 e. The third-order valence-electron chi connectivity index (χ3n) is 5.60. The summed E-state index contributed by atoms with van der Waals surface area (Å²) in [5.74, 6) is 1.71. The molecule has 1 atom stereocenters. The van der Waals surface area contributed by atoms with Crippen LogP contribution in [0.5, 0.6) is 11.5 Å². The number of hydrogen-bond acceptors (Lipinski definition) is 4. The SMILES string of the molecule is CC(c1ccc(Oc2ccccc2)cc1)N1CCN(c2ccc(C=O)cc2)CC1. The number of anilines is 1. The molecule has 0 saturated carbocycles. The molecule has 0 aliphatic carbocycles. The van der Waals surface area contributed by atoms with Crippen LogP contribution in [0, 0.1) is 0 Å². The molecule has 1 aliphatic heterocycles. The topological polar surface area (TPSA) is 32.8 Å². The molecule has 0 radical (unpaired) electrons. The van der Waals surface area contributed by atoms with Gasteiger partial charge in [0.05, 0.1) is 0 Å². The Bertz CT molecular complexity index is 915. The number of carbonyl (C=O) groups is 1. The fourth-order valence-electron chi connectivity index (χ4n) is 3.78. The van der Waals surface area contributed by atoms with E-state index in [0.717, 1.165) is 49.5 Å². The molecule has 3 aromatic rings. The second kappa shape index (κ2) is 8.93. The maximum absolute atomic E-state index is 10.8. The van der Waals surface area contributed by atoms with E-state index in [-0.39, 0.29) is 0 Å². The molecule has 0 spiro atoms. The lowest BCUT2D eigenvalue weighted by Gasteiger charge is -2.39. The molecular formula is C25H26N2O2. The Hall–Kier alpha value is -3.11. The molecule has 0 N–H and O–H groups in total. The zero-order chi connectivity index (χ0) is 20.1. The van der Waals surface area contributed by atoms with Crippen molar-refractivity contribution in [2.24, 2.45) is 0 Å². The van der Waals surface area contributed by atoms with Gasteiger partial charge in [0.15, 0.2) is 0 Å². The lowest BCUT2D eigenvalue weighted by molar-refractivity contribution is 0.112. The van der Waals surface area contributed by atoms with E-state index in [0.29, 0.717) is 6.04 Å². The Morgan fingerprint density at radius 2 is 1.41 bits per heavy atom. The van der Waals surface area contributed by atoms with Crippen LogP contribution in [0.4, 0.5) is 5.69 Å². The van der Waals surface area contributed by atoms with Gasteiger partial charge in [-0.25, -0.2) is 0 Å². The number of carbonyl (C=O) groups excluding carboxylic acids is 1. The Kier molecular flexibility index (Phi) is 5.92. The summed E-state index contributed by atoms with van der Waals surface area (Å²) in [4.78, 5) is 15.7. The van der Waals surface area contributed by atoms with Crippen molar-refractivity contribution in [2.75, 3.05) is 31.1 Å². The van der Waals surface area contributed by atoms with Gasteiger partial charge in [-0.2, -0.15) is 0 Å². The Morgan fingerprint density at radius 1 is 0.793 bits per heavy atom. The number of aldehydes is 1. The fourth-order valence-corrected chi connectivity index (χ4v) is 3.78. The van der Waals surface area contributed by atoms with Gasteiger partial charge in [0, 0.05) is 43.5 Å². The van der Waals surface area contributed by atoms with Crippen LogP contribution in [0.2, 0.25) is 0 Å². The highest BCUT2D eigenvalue weighted by Crippen LogP contribution is 2.27. The highest BCUT2D eigenvalue weighted by atomic mass is 16.5. The molecule has 1 heterocycles. The molecule has 1 aliphatic rings. The molecule has 0 bridgehead atoms. The van der Waals surface area contributed by atoms with Gasteiger partial charge < -0.3 is 9.64 Å². The van der Waals surface area contributed by atoms with E-state index in [4.69, 9.17) is 4.74 Å². The van der Waals surface area contributed by atoms with Crippen molar-refractivity contribution >= 4 is 12.0 Å². The van der Waals surface area contributed by atoms with Gasteiger partial charge >= 0.3 is 0 Å². The van der Waals surface area contributed by atoms with Crippen LogP contribution in [0.15, 0.2) is 78.9 Å². The Balaban J connectivity index is 1.34. The van der Waals surface area contributed by atoms with Crippen molar-refractivity contribution in [1.29, 1.82) is 0 Å². The Morgan fingerprint density at radius 3 is 2.03 bits per heavy atom. The first-order valence-corrected chi connectivity index (χ1v) is 10.1. The van der Waals surface area contributed by atoms with Gasteiger partial charge in [0.2, 0.25) is 0 Å². The normalized spacial score (nSPS) is 15.7. The van der Waals surface area contributed by atoms with Crippen molar-refractivity contribution in [2.45, 2.75) is 13.0 Å². The summed E-state index contributed by atoms with van der Waals surface area (Å²) in [5, 5.41) is 0. The van der Waals surface area contributed by atoms with Crippen LogP contribution in [0.1, 0.15) is 28.9 Å². The largest absolute Gasteiger partial charge is 0.457 e. The quantitative estimate of drug-likeness (QED) is 0.547. The predicted molar refractivity (Wildman–Crippen MR) is 117 cm³/mol. The molecule has 29 heavy (non-hydrogen) atoms. The highest BCUT2D eigenvalue weighted by Gasteiger charge is 2.22. The van der Waals surface area contributed by atoms with Crippen molar-refractivity contribution < 1.29 is 9.53 Å². The molecule has 1 fully saturated rings. The van der Waals surface area contributed by atoms with Crippen molar-refractivity contribution in [3.63, 3.8) is 0 Å². The predicted octanol–water partition coefficient (Wildman–Crippen LogP) is 5.17. The van der Waals surface area contributed by atoms with Crippen LogP contribution in [-0.2, 0) is 0 Å². The number of hydrogen-bond donors (Lipinski definition) is 0. The first kappa shape index (κ1) is 19.2. The molecule has 4 rings (SSSR count). The summed E-state index contributed by atoms with van der Waals surface area (Å²) in [6, 6.07) is 26.5. The number of nitrogens with zero attached hydrogens (tertiary/aromatic N) is 2. The molecule has 1 saturated heterocycles. The zero-order valence-corrected chi connectivity index (χ0v) is 16.7. The van der Waals surface area contributed by atoms with Crippen LogP contribution in [0.3, 0.4) is 0 Å². The van der Waals surface area contributed by atoms with Gasteiger partial charge in [-0.3, -0.25) is 9.69 Å². The van der Waals surface area contributed by atoms with E-state index in [1.807, 2.05) is 66.7 Å². The van der Waals surface area contributed by atoms with Crippen LogP contribution in [-0.4, -0.2) is 37.4 Å². The fraction of sp³-hybridized carbons (Fsp3) is 0.240. The molecule has 4 nitrogen and oxygen atoms in total. The number of rotatable bonds is 6. The zero-order valence-electron chi connectivity index (χ0n) is 16.7. The number of benzene rings is 3. The van der Waals surface area contributed by atoms with E-state index < -0.39 is 0 Å². The first-order valence-electron chi connectivity index (χ1n) is 10.1. The van der Waals surface area contributed by atoms with Crippen LogP contribution < -0.4 is 9.64 Å². The average molecular weight is 386 g/mol. The standard InChI is InChI=1S/C25H26N2O2/c1-20(22-9-13-25(14-10-22)29-24-5-3-2-4-6-24)26-15-17-27(18-16-26)23-11-7-21(19-28)8-12-23/h2-14,19-20H,15-18H2,1H3. The maximum atomic E-state index is 10.8. The third-order valence-corrected chi connectivity index (χ3v) is 5.60. The molecule has 0 aromatic heterocycles. The van der Waals surface area contributed by atoms with E-state index >= 15 is 0 Å². The number of piperazine rings is 1. The minimum Gasteiger partial charge on any atom is -0.457 e. The monoisotopic (exact) mass is 386 g/mol. The molecule has 4 heteroatoms. The molecule has 148 valence electrons. The highest BCUT2D eigenvalue weighted by molar-refractivity contribution is 5.75. The summed E-state index contributed by atoms with van der Waals surface area (Å²) in [7, 11) is 0. The second-order valence-electron chi connectivity index (χ2n) is 7.39. The van der Waals surface area contributed by atoms with Gasteiger partial charge in [0.1, 0.15) is 17.8 Å². The van der Waals surface area contributed by atoms with Gasteiger partial charge in [-0.1, -0.05) is 30.3 Å². The smallest absolute Gasteiger partial charge is 0.150 e. The van der Waals surface area contributed by atoms with E-state index in [2.05, 4.69) is 28.9 Å². The summed E-state index contributed by atoms with van der Waals surface area (Å²) < 4.78 is 5.90. The number of para-hydroxylation sites is 1. The second-order valence-corrected chi connectivity index (χ2v) is 7.39. The van der Waals surface area contributed by atoms with Gasteiger partial charge in [-0.05, 0) is 61.0 Å². The van der Waals surface area contributed by atoms with Crippen molar-refractivity contribution in [3.8, 4) is 11.5 Å². The molecular weight excluding hydrogens is 360 g/mol. The Labute approximate surface area is 172 Å². The van der Waals surface area contributed by atoms with E-state index in [1.165, 1.54) is 11.3 Å². The van der Waals surface area contributed by atoms with Crippen LogP contribution in [0.25, 0.3) is 0 Å². The molecule has 1 unspecified atom stereocenters. The van der Waals surface area contributed by atoms with Crippen LogP contribution >= 0.6 is 0 Å². The summed E-state index contributed by atoms with van der Waals surface area (Å²) in [6.07, 6.45) is 0.888. The lowest BCUT2D eigenvalue weighted by Crippen LogP contribution is -2.47.